The zero-order valence-electron chi connectivity index (χ0n) is 11.0. The van der Waals surface area contributed by atoms with Gasteiger partial charge in [0.05, 0.1) is 4.99 Å². The Kier molecular flexibility index (Phi) is 5.78. The van der Waals surface area contributed by atoms with Crippen molar-refractivity contribution >= 4 is 23.1 Å². The first-order valence-corrected chi connectivity index (χ1v) is 6.55. The van der Waals surface area contributed by atoms with E-state index in [0.29, 0.717) is 11.5 Å². The first-order valence-electron chi connectivity index (χ1n) is 6.14. The topological polar surface area (TPSA) is 55.1 Å². The van der Waals surface area contributed by atoms with Gasteiger partial charge in [-0.15, -0.1) is 0 Å². The third-order valence-electron chi connectivity index (χ3n) is 2.77. The van der Waals surface area contributed by atoms with Crippen LogP contribution in [0, 0.1) is 13.8 Å². The van der Waals surface area contributed by atoms with E-state index in [4.69, 9.17) is 18.0 Å². The second kappa shape index (κ2) is 7.11. The van der Waals surface area contributed by atoms with Crippen LogP contribution in [-0.2, 0) is 0 Å². The molecule has 0 aliphatic carbocycles. The Labute approximate surface area is 114 Å². The lowest BCUT2D eigenvalue weighted by molar-refractivity contribution is 0.0952. The number of amides is 1. The predicted molar refractivity (Wildman–Crippen MR) is 78.9 cm³/mol. The molecule has 0 aromatic heterocycles. The molecule has 0 bridgehead atoms. The average molecular weight is 264 g/mol. The quantitative estimate of drug-likeness (QED) is 0.613. The van der Waals surface area contributed by atoms with Crippen LogP contribution in [0.2, 0.25) is 0 Å². The fourth-order valence-corrected chi connectivity index (χ4v) is 1.85. The average Bonchev–Trinajstić information content (AvgIpc) is 2.31. The molecule has 0 unspecified atom stereocenters. The van der Waals surface area contributed by atoms with Gasteiger partial charge in [0.25, 0.3) is 5.91 Å². The Morgan fingerprint density at radius 2 is 2.06 bits per heavy atom. The molecule has 18 heavy (non-hydrogen) atoms. The summed E-state index contributed by atoms with van der Waals surface area (Å²) in [5.74, 6) is -0.00785. The van der Waals surface area contributed by atoms with Crippen molar-refractivity contribution in [3.8, 4) is 0 Å². The molecule has 3 N–H and O–H groups in total. The van der Waals surface area contributed by atoms with Crippen LogP contribution in [-0.4, -0.2) is 17.4 Å². The van der Waals surface area contributed by atoms with Gasteiger partial charge in [-0.05, 0) is 44.7 Å². The van der Waals surface area contributed by atoms with Crippen molar-refractivity contribution in [2.24, 2.45) is 5.73 Å². The van der Waals surface area contributed by atoms with Crippen molar-refractivity contribution in [1.82, 2.24) is 5.32 Å². The van der Waals surface area contributed by atoms with Crippen molar-refractivity contribution in [1.29, 1.82) is 0 Å². The number of carbonyl (C=O) groups is 1. The maximum atomic E-state index is 12.0. The monoisotopic (exact) mass is 264 g/mol. The molecule has 0 saturated carbocycles. The number of nitrogens with two attached hydrogens (primary N) is 1. The summed E-state index contributed by atoms with van der Waals surface area (Å²) < 4.78 is 0. The van der Waals surface area contributed by atoms with Crippen LogP contribution in [0.3, 0.4) is 0 Å². The summed E-state index contributed by atoms with van der Waals surface area (Å²) in [5.41, 5.74) is 8.26. The van der Waals surface area contributed by atoms with Crippen LogP contribution in [0.1, 0.15) is 40.7 Å². The van der Waals surface area contributed by atoms with Crippen LogP contribution in [0.25, 0.3) is 0 Å². The summed E-state index contributed by atoms with van der Waals surface area (Å²) in [4.78, 5) is 12.5. The number of hydrogen-bond acceptors (Lipinski definition) is 2. The molecule has 1 rings (SSSR count). The van der Waals surface area contributed by atoms with E-state index in [1.54, 1.807) is 0 Å². The highest BCUT2D eigenvalue weighted by atomic mass is 32.1. The van der Waals surface area contributed by atoms with Gasteiger partial charge in [-0.3, -0.25) is 4.79 Å². The minimum Gasteiger partial charge on any atom is -0.393 e. The van der Waals surface area contributed by atoms with Crippen molar-refractivity contribution in [2.45, 2.75) is 33.1 Å². The smallest absolute Gasteiger partial charge is 0.251 e. The molecule has 3 nitrogen and oxygen atoms in total. The number of unbranched alkanes of at least 4 members (excludes halogenated alkanes) is 1. The molecule has 0 radical (unpaired) electrons. The molecule has 0 spiro atoms. The van der Waals surface area contributed by atoms with Gasteiger partial charge in [-0.1, -0.05) is 29.9 Å². The van der Waals surface area contributed by atoms with E-state index in [1.807, 2.05) is 32.0 Å². The van der Waals surface area contributed by atoms with Gasteiger partial charge in [0.2, 0.25) is 0 Å². The second-order valence-corrected chi connectivity index (χ2v) is 5.02. The molecule has 1 amide bonds. The summed E-state index contributed by atoms with van der Waals surface area (Å²) in [6.45, 7) is 4.59. The number of benzene rings is 1. The summed E-state index contributed by atoms with van der Waals surface area (Å²) >= 11 is 4.80. The standard InChI is InChI=1S/C14H20N2OS/c1-10-6-7-11(2)12(9-10)14(17)16-8-4-3-5-13(15)18/h6-7,9H,3-5,8H2,1-2H3,(H2,15,18)(H,16,17). The molecule has 98 valence electrons. The van der Waals surface area contributed by atoms with Gasteiger partial charge in [0, 0.05) is 12.1 Å². The van der Waals surface area contributed by atoms with E-state index >= 15 is 0 Å². The molecule has 0 aliphatic heterocycles. The second-order valence-electron chi connectivity index (χ2n) is 4.50. The van der Waals surface area contributed by atoms with Crippen LogP contribution in [0.5, 0.6) is 0 Å². The van der Waals surface area contributed by atoms with Gasteiger partial charge in [-0.2, -0.15) is 0 Å². The zero-order valence-corrected chi connectivity index (χ0v) is 11.8. The molecule has 0 fully saturated rings. The number of carbonyl (C=O) groups excluding carboxylic acids is 1. The third-order valence-corrected chi connectivity index (χ3v) is 2.98. The predicted octanol–water partition coefficient (Wildman–Crippen LogP) is 2.49. The molecular weight excluding hydrogens is 244 g/mol. The SMILES string of the molecule is Cc1ccc(C)c(C(=O)NCCCCC(N)=S)c1. The van der Waals surface area contributed by atoms with E-state index < -0.39 is 0 Å². The highest BCUT2D eigenvalue weighted by Crippen LogP contribution is 2.10. The van der Waals surface area contributed by atoms with E-state index in [1.165, 1.54) is 0 Å². The Morgan fingerprint density at radius 1 is 1.33 bits per heavy atom. The molecule has 1 aromatic carbocycles. The molecule has 0 aliphatic rings. The van der Waals surface area contributed by atoms with Crippen LogP contribution in [0.4, 0.5) is 0 Å². The summed E-state index contributed by atoms with van der Waals surface area (Å²) in [6, 6.07) is 5.89. The maximum Gasteiger partial charge on any atom is 0.251 e. The molecular formula is C14H20N2OS. The Hall–Kier alpha value is -1.42. The van der Waals surface area contributed by atoms with Gasteiger partial charge in [0.15, 0.2) is 0 Å². The molecule has 4 heteroatoms. The number of aryl methyl sites for hydroxylation is 2. The van der Waals surface area contributed by atoms with Crippen LogP contribution < -0.4 is 11.1 Å². The van der Waals surface area contributed by atoms with E-state index in [-0.39, 0.29) is 5.91 Å². The molecule has 1 aromatic rings. The summed E-state index contributed by atoms with van der Waals surface area (Å²) in [6.07, 6.45) is 2.56. The summed E-state index contributed by atoms with van der Waals surface area (Å²) in [5, 5.41) is 2.92. The molecule has 0 saturated heterocycles. The third kappa shape index (κ3) is 4.84. The largest absolute Gasteiger partial charge is 0.393 e. The maximum absolute atomic E-state index is 12.0. The van der Waals surface area contributed by atoms with Crippen molar-refractivity contribution in [3.05, 3.63) is 34.9 Å². The van der Waals surface area contributed by atoms with Crippen LogP contribution in [0.15, 0.2) is 18.2 Å². The fourth-order valence-electron chi connectivity index (χ4n) is 1.70. The van der Waals surface area contributed by atoms with E-state index in [9.17, 15) is 4.79 Å². The number of rotatable bonds is 6. The van der Waals surface area contributed by atoms with Crippen molar-refractivity contribution in [2.75, 3.05) is 6.54 Å². The number of hydrogen-bond donors (Lipinski definition) is 2. The molecule has 0 heterocycles. The van der Waals surface area contributed by atoms with Crippen molar-refractivity contribution < 1.29 is 4.79 Å². The summed E-state index contributed by atoms with van der Waals surface area (Å²) in [7, 11) is 0. The zero-order chi connectivity index (χ0) is 13.5. The normalized spacial score (nSPS) is 10.1. The number of thiocarbonyl (C=S) groups is 1. The van der Waals surface area contributed by atoms with Gasteiger partial charge < -0.3 is 11.1 Å². The highest BCUT2D eigenvalue weighted by molar-refractivity contribution is 7.80. The Morgan fingerprint density at radius 3 is 2.72 bits per heavy atom. The van der Waals surface area contributed by atoms with Crippen molar-refractivity contribution in [3.63, 3.8) is 0 Å². The lowest BCUT2D eigenvalue weighted by Crippen LogP contribution is -2.25. The Balaban J connectivity index is 2.41. The number of nitrogens with one attached hydrogen (secondary N) is 1. The van der Waals surface area contributed by atoms with Crippen LogP contribution >= 0.6 is 12.2 Å². The Bertz CT molecular complexity index is 443. The lowest BCUT2D eigenvalue weighted by atomic mass is 10.1. The van der Waals surface area contributed by atoms with Gasteiger partial charge in [0.1, 0.15) is 0 Å². The van der Waals surface area contributed by atoms with Gasteiger partial charge in [-0.25, -0.2) is 0 Å². The highest BCUT2D eigenvalue weighted by Gasteiger charge is 2.08. The lowest BCUT2D eigenvalue weighted by Gasteiger charge is -2.08. The fraction of sp³-hybridized carbons (Fsp3) is 0.429. The van der Waals surface area contributed by atoms with E-state index in [0.717, 1.165) is 36.0 Å². The van der Waals surface area contributed by atoms with Gasteiger partial charge >= 0.3 is 0 Å². The first-order chi connectivity index (χ1) is 8.50. The first kappa shape index (κ1) is 14.6. The van der Waals surface area contributed by atoms with E-state index in [2.05, 4.69) is 5.32 Å². The molecule has 0 atom stereocenters. The minimum atomic E-state index is -0.00785. The minimum absolute atomic E-state index is 0.00785.